The summed E-state index contributed by atoms with van der Waals surface area (Å²) < 4.78 is 0. The highest BCUT2D eigenvalue weighted by atomic mass is 16.4. The molecule has 1 atom stereocenters. The van der Waals surface area contributed by atoms with Crippen LogP contribution < -0.4 is 10.4 Å². The average molecular weight is 292 g/mol. The van der Waals surface area contributed by atoms with E-state index >= 15 is 0 Å². The van der Waals surface area contributed by atoms with Gasteiger partial charge in [0.2, 0.25) is 0 Å². The van der Waals surface area contributed by atoms with Crippen LogP contribution in [0, 0.1) is 12.8 Å². The van der Waals surface area contributed by atoms with Crippen molar-refractivity contribution >= 4 is 17.1 Å². The number of aliphatic carboxylic acids is 1. The molecule has 0 fully saturated rings. The smallest absolute Gasteiger partial charge is 0.306 e. The molecule has 4 heteroatoms. The predicted octanol–water partition coefficient (Wildman–Crippen LogP) is 2.46. The Morgan fingerprint density at radius 3 is 1.90 bits per heavy atom. The lowest BCUT2D eigenvalue weighted by atomic mass is 10.00. The van der Waals surface area contributed by atoms with Crippen LogP contribution in [-0.2, 0) is 11.2 Å². The highest BCUT2D eigenvalue weighted by Crippen LogP contribution is 2.03. The third-order valence-electron chi connectivity index (χ3n) is 3.14. The number of carboxylic acid groups (broad SMARTS) is 1. The molecule has 1 N–H and O–H groups in total. The quantitative estimate of drug-likeness (QED) is 0.929. The third-order valence-corrected chi connectivity index (χ3v) is 3.14. The van der Waals surface area contributed by atoms with E-state index in [0.29, 0.717) is 6.42 Å². The fourth-order valence-electron chi connectivity index (χ4n) is 2.23. The van der Waals surface area contributed by atoms with Crippen LogP contribution in [0.15, 0.2) is 0 Å². The van der Waals surface area contributed by atoms with Gasteiger partial charge in [0.1, 0.15) is 0 Å². The van der Waals surface area contributed by atoms with Crippen molar-refractivity contribution in [2.75, 3.05) is 0 Å². The number of aromatic nitrogens is 2. The summed E-state index contributed by atoms with van der Waals surface area (Å²) in [5.41, 5.74) is 3.98. The molecule has 118 valence electrons. The molecule has 0 aliphatic heterocycles. The van der Waals surface area contributed by atoms with Crippen molar-refractivity contribution in [3.05, 3.63) is 21.8 Å². The highest BCUT2D eigenvalue weighted by molar-refractivity contribution is 5.69. The number of aryl methyl sites for hydroxylation is 1. The van der Waals surface area contributed by atoms with E-state index < -0.39 is 11.9 Å². The zero-order valence-corrected chi connectivity index (χ0v) is 14.5. The Morgan fingerprint density at radius 1 is 1.05 bits per heavy atom. The molecule has 4 nitrogen and oxygen atoms in total. The molecule has 1 aromatic heterocycles. The first-order valence-corrected chi connectivity index (χ1v) is 7.45. The van der Waals surface area contributed by atoms with Crippen LogP contribution in [0.25, 0.3) is 11.1 Å². The van der Waals surface area contributed by atoms with E-state index in [1.165, 1.54) is 5.57 Å². The molecular weight excluding hydrogens is 264 g/mol. The maximum Gasteiger partial charge on any atom is 0.306 e. The van der Waals surface area contributed by atoms with Gasteiger partial charge < -0.3 is 5.11 Å². The van der Waals surface area contributed by atoms with E-state index in [9.17, 15) is 4.79 Å². The molecule has 21 heavy (non-hydrogen) atoms. The highest BCUT2D eigenvalue weighted by Gasteiger charge is 2.15. The Morgan fingerprint density at radius 2 is 1.52 bits per heavy atom. The largest absolute Gasteiger partial charge is 0.481 e. The van der Waals surface area contributed by atoms with E-state index in [-0.39, 0.29) is 0 Å². The summed E-state index contributed by atoms with van der Waals surface area (Å²) in [6.07, 6.45) is 0.406. The Kier molecular flexibility index (Phi) is 7.85. The Balaban J connectivity index is 0.00000191. The summed E-state index contributed by atoms with van der Waals surface area (Å²) in [6.45, 7) is 15.8. The van der Waals surface area contributed by atoms with Gasteiger partial charge in [-0.15, -0.1) is 0 Å². The van der Waals surface area contributed by atoms with E-state index in [0.717, 1.165) is 27.4 Å². The molecule has 0 radical (unpaired) electrons. The molecule has 0 aliphatic rings. The zero-order valence-electron chi connectivity index (χ0n) is 14.5. The van der Waals surface area contributed by atoms with Crippen LogP contribution in [0.2, 0.25) is 0 Å². The van der Waals surface area contributed by atoms with Crippen molar-refractivity contribution in [2.24, 2.45) is 5.92 Å². The first-order valence-electron chi connectivity index (χ1n) is 7.45. The number of carboxylic acids is 1. The molecule has 1 rings (SSSR count). The van der Waals surface area contributed by atoms with Gasteiger partial charge in [-0.3, -0.25) is 4.79 Å². The number of hydrogen-bond acceptors (Lipinski definition) is 3. The summed E-state index contributed by atoms with van der Waals surface area (Å²) in [5, 5.41) is 19.6. The van der Waals surface area contributed by atoms with Crippen LogP contribution in [0.5, 0.6) is 0 Å². The van der Waals surface area contributed by atoms with Crippen LogP contribution in [0.3, 0.4) is 0 Å². The Bertz CT molecular complexity index is 610. The normalized spacial score (nSPS) is 11.2. The molecule has 0 spiro atoms. The molecule has 1 aromatic rings. The Hall–Kier alpha value is -1.71. The van der Waals surface area contributed by atoms with Crippen molar-refractivity contribution in [1.82, 2.24) is 10.2 Å². The summed E-state index contributed by atoms with van der Waals surface area (Å²) in [5.74, 6) is -1.26. The minimum atomic E-state index is -0.805. The van der Waals surface area contributed by atoms with Gasteiger partial charge >= 0.3 is 5.97 Å². The summed E-state index contributed by atoms with van der Waals surface area (Å²) >= 11 is 0. The van der Waals surface area contributed by atoms with E-state index in [4.69, 9.17) is 5.11 Å². The third kappa shape index (κ3) is 4.96. The molecule has 0 saturated carbocycles. The summed E-state index contributed by atoms with van der Waals surface area (Å²) in [6, 6.07) is 0. The topological polar surface area (TPSA) is 63.1 Å². The zero-order chi connectivity index (χ0) is 16.7. The van der Waals surface area contributed by atoms with Gasteiger partial charge in [-0.05, 0) is 34.6 Å². The predicted molar refractivity (Wildman–Crippen MR) is 87.4 cm³/mol. The molecule has 0 aliphatic carbocycles. The summed E-state index contributed by atoms with van der Waals surface area (Å²) in [7, 11) is 0. The van der Waals surface area contributed by atoms with Gasteiger partial charge in [0, 0.05) is 16.9 Å². The first kappa shape index (κ1) is 19.3. The number of nitrogens with zero attached hydrogens (tertiary/aromatic N) is 2. The van der Waals surface area contributed by atoms with Crippen molar-refractivity contribution in [3.8, 4) is 0 Å². The van der Waals surface area contributed by atoms with Crippen LogP contribution in [-0.4, -0.2) is 21.3 Å². The van der Waals surface area contributed by atoms with Gasteiger partial charge in [0.15, 0.2) is 0 Å². The van der Waals surface area contributed by atoms with Gasteiger partial charge in [0.25, 0.3) is 0 Å². The van der Waals surface area contributed by atoms with Crippen LogP contribution in [0.1, 0.15) is 59.9 Å². The molecule has 1 heterocycles. The molecule has 0 aromatic carbocycles. The lowest BCUT2D eigenvalue weighted by molar-refractivity contribution is -0.141. The molecular formula is C17H28N2O2. The molecule has 0 amide bonds. The van der Waals surface area contributed by atoms with E-state index in [1.807, 2.05) is 48.5 Å². The van der Waals surface area contributed by atoms with Gasteiger partial charge in [-0.1, -0.05) is 31.9 Å². The fraction of sp³-hybridized carbons (Fsp3) is 0.588. The second-order valence-corrected chi connectivity index (χ2v) is 5.43. The van der Waals surface area contributed by atoms with Crippen molar-refractivity contribution in [1.29, 1.82) is 0 Å². The summed E-state index contributed by atoms with van der Waals surface area (Å²) in [4.78, 5) is 11.0. The van der Waals surface area contributed by atoms with Crippen LogP contribution >= 0.6 is 0 Å². The van der Waals surface area contributed by atoms with Gasteiger partial charge in [0.05, 0.1) is 17.3 Å². The van der Waals surface area contributed by atoms with E-state index in [1.54, 1.807) is 6.92 Å². The van der Waals surface area contributed by atoms with Gasteiger partial charge in [-0.25, -0.2) is 0 Å². The first-order chi connectivity index (χ1) is 9.75. The number of carbonyl (C=O) groups is 1. The minimum Gasteiger partial charge on any atom is -0.481 e. The lowest BCUT2D eigenvalue weighted by Gasteiger charge is -2.09. The van der Waals surface area contributed by atoms with Crippen molar-refractivity contribution in [2.45, 2.75) is 61.8 Å². The average Bonchev–Trinajstić information content (AvgIpc) is 2.41. The minimum absolute atomic E-state index is 0.406. The van der Waals surface area contributed by atoms with Crippen molar-refractivity contribution in [3.63, 3.8) is 0 Å². The Labute approximate surface area is 127 Å². The second-order valence-electron chi connectivity index (χ2n) is 5.43. The number of rotatable bonds is 3. The maximum absolute atomic E-state index is 11.0. The molecule has 1 unspecified atom stereocenters. The molecule has 0 bridgehead atoms. The lowest BCUT2D eigenvalue weighted by Crippen LogP contribution is -2.37. The van der Waals surface area contributed by atoms with Crippen LogP contribution in [0.4, 0.5) is 0 Å². The second kappa shape index (κ2) is 8.55. The standard InChI is InChI=1S/C15H22N2O2.C2H6/c1-8(2)13-11(6)16-17-12(14(13)9(3)4)7-10(5)15(18)19;1-2/h10H,7H2,1-6H3,(H,18,19);1-2H3. The van der Waals surface area contributed by atoms with Gasteiger partial charge in [-0.2, -0.15) is 10.2 Å². The van der Waals surface area contributed by atoms with Crippen molar-refractivity contribution < 1.29 is 9.90 Å². The maximum atomic E-state index is 11.0. The fourth-order valence-corrected chi connectivity index (χ4v) is 2.23. The SMILES string of the molecule is CC.CC(C)=c1c(C)nnc(CC(C)C(=O)O)c1=C(C)C. The monoisotopic (exact) mass is 292 g/mol. The van der Waals surface area contributed by atoms with E-state index in [2.05, 4.69) is 10.2 Å². The molecule has 0 saturated heterocycles. The number of hydrogen-bond donors (Lipinski definition) is 1.